The van der Waals surface area contributed by atoms with Crippen LogP contribution in [-0.2, 0) is 4.74 Å². The van der Waals surface area contributed by atoms with Crippen LogP contribution in [0.25, 0.3) is 0 Å². The maximum absolute atomic E-state index is 5.42. The van der Waals surface area contributed by atoms with Crippen molar-refractivity contribution in [2.75, 3.05) is 31.7 Å². The highest BCUT2D eigenvalue weighted by Gasteiger charge is 2.09. The monoisotopic (exact) mass is 266 g/mol. The molecule has 0 aromatic heterocycles. The van der Waals surface area contributed by atoms with Gasteiger partial charge in [0.05, 0.1) is 0 Å². The van der Waals surface area contributed by atoms with E-state index < -0.39 is 0 Å². The Balaban J connectivity index is 2.57. The Kier molecular flexibility index (Phi) is 6.68. The van der Waals surface area contributed by atoms with E-state index >= 15 is 0 Å². The second-order valence-electron chi connectivity index (χ2n) is 4.16. The summed E-state index contributed by atoms with van der Waals surface area (Å²) in [7, 11) is 1.71. The fourth-order valence-electron chi connectivity index (χ4n) is 1.75. The third-order valence-corrected chi connectivity index (χ3v) is 3.04. The molecule has 0 saturated heterocycles. The second-order valence-corrected chi connectivity index (χ2v) is 4.55. The van der Waals surface area contributed by atoms with Crippen molar-refractivity contribution in [3.8, 4) is 0 Å². The van der Waals surface area contributed by atoms with Gasteiger partial charge in [-0.3, -0.25) is 0 Å². The van der Waals surface area contributed by atoms with Crippen molar-refractivity contribution in [3.63, 3.8) is 0 Å². The van der Waals surface area contributed by atoms with Crippen molar-refractivity contribution < 1.29 is 4.74 Å². The van der Waals surface area contributed by atoms with Crippen molar-refractivity contribution in [1.82, 2.24) is 5.32 Å². The molecule has 0 fully saturated rings. The van der Waals surface area contributed by atoms with Crippen LogP contribution < -0.4 is 10.2 Å². The van der Waals surface area contributed by atoms with Gasteiger partial charge in [0.1, 0.15) is 0 Å². The Morgan fingerprint density at radius 2 is 2.22 bits per heavy atom. The lowest BCUT2D eigenvalue weighted by molar-refractivity contribution is 0.195. The van der Waals surface area contributed by atoms with Crippen LogP contribution >= 0.6 is 12.2 Å². The minimum absolute atomic E-state index is 0.756. The van der Waals surface area contributed by atoms with Crippen LogP contribution in [0.4, 0.5) is 5.69 Å². The molecule has 1 aromatic rings. The number of aryl methyl sites for hydroxylation is 1. The molecular formula is C14H22N2OS. The molecule has 4 heteroatoms. The average molecular weight is 266 g/mol. The summed E-state index contributed by atoms with van der Waals surface area (Å²) in [5, 5.41) is 4.04. The number of hydrogen-bond donors (Lipinski definition) is 1. The third kappa shape index (κ3) is 4.63. The van der Waals surface area contributed by atoms with Gasteiger partial charge in [0.2, 0.25) is 0 Å². The first-order valence-corrected chi connectivity index (χ1v) is 6.70. The Morgan fingerprint density at radius 1 is 1.44 bits per heavy atom. The topological polar surface area (TPSA) is 24.5 Å². The van der Waals surface area contributed by atoms with Crippen LogP contribution in [0.5, 0.6) is 0 Å². The second kappa shape index (κ2) is 8.06. The molecule has 0 saturated carbocycles. The Bertz CT molecular complexity index is 382. The molecule has 1 rings (SSSR count). The molecule has 0 aliphatic rings. The fourth-order valence-corrected chi connectivity index (χ4v) is 2.08. The number of rotatable bonds is 6. The summed E-state index contributed by atoms with van der Waals surface area (Å²) in [5.74, 6) is 0. The molecular weight excluding hydrogens is 244 g/mol. The van der Waals surface area contributed by atoms with Crippen LogP contribution in [0.3, 0.4) is 0 Å². The van der Waals surface area contributed by atoms with Crippen LogP contribution in [0, 0.1) is 6.92 Å². The first-order valence-electron chi connectivity index (χ1n) is 6.30. The zero-order chi connectivity index (χ0) is 13.4. The number of thiocarbonyl (C=S) groups is 1. The molecule has 0 unspecified atom stereocenters. The van der Waals surface area contributed by atoms with Crippen molar-refractivity contribution in [2.24, 2.45) is 0 Å². The van der Waals surface area contributed by atoms with E-state index in [9.17, 15) is 0 Å². The molecule has 0 bridgehead atoms. The molecule has 100 valence electrons. The lowest BCUT2D eigenvalue weighted by Gasteiger charge is -2.24. The lowest BCUT2D eigenvalue weighted by atomic mass is 10.2. The smallest absolute Gasteiger partial charge is 0.173 e. The van der Waals surface area contributed by atoms with E-state index in [2.05, 4.69) is 48.3 Å². The van der Waals surface area contributed by atoms with E-state index in [0.29, 0.717) is 0 Å². The van der Waals surface area contributed by atoms with Gasteiger partial charge in [-0.15, -0.1) is 0 Å². The molecule has 0 aliphatic heterocycles. The normalized spacial score (nSPS) is 10.2. The standard InChI is InChI=1S/C14H22N2OS/c1-4-16(13-8-5-7-12(2)11-13)14(18)15-9-6-10-17-3/h5,7-8,11H,4,6,9-10H2,1-3H3,(H,15,18). The molecule has 3 nitrogen and oxygen atoms in total. The molecule has 0 amide bonds. The van der Waals surface area contributed by atoms with Crippen molar-refractivity contribution >= 4 is 23.0 Å². The van der Waals surface area contributed by atoms with Gasteiger partial charge in [-0.05, 0) is 50.2 Å². The minimum Gasteiger partial charge on any atom is -0.385 e. The summed E-state index contributed by atoms with van der Waals surface area (Å²) < 4.78 is 5.01. The first kappa shape index (κ1) is 14.9. The molecule has 1 aromatic carbocycles. The zero-order valence-electron chi connectivity index (χ0n) is 11.4. The van der Waals surface area contributed by atoms with Crippen LogP contribution in [-0.4, -0.2) is 31.9 Å². The van der Waals surface area contributed by atoms with Crippen LogP contribution in [0.15, 0.2) is 24.3 Å². The molecule has 0 spiro atoms. The SMILES string of the molecule is CCN(C(=S)NCCCOC)c1cccc(C)c1. The van der Waals surface area contributed by atoms with Gasteiger partial charge in [0.25, 0.3) is 0 Å². The van der Waals surface area contributed by atoms with Crippen LogP contribution in [0.1, 0.15) is 18.9 Å². The minimum atomic E-state index is 0.756. The molecule has 0 aliphatic carbocycles. The van der Waals surface area contributed by atoms with Crippen molar-refractivity contribution in [1.29, 1.82) is 0 Å². The Labute approximate surface area is 115 Å². The van der Waals surface area contributed by atoms with Gasteiger partial charge in [-0.1, -0.05) is 12.1 Å². The van der Waals surface area contributed by atoms with Gasteiger partial charge in [-0.2, -0.15) is 0 Å². The van der Waals surface area contributed by atoms with Gasteiger partial charge in [0, 0.05) is 32.5 Å². The fraction of sp³-hybridized carbons (Fsp3) is 0.500. The van der Waals surface area contributed by atoms with E-state index in [1.807, 2.05) is 0 Å². The maximum Gasteiger partial charge on any atom is 0.173 e. The number of nitrogens with zero attached hydrogens (tertiary/aromatic N) is 1. The van der Waals surface area contributed by atoms with E-state index in [1.54, 1.807) is 7.11 Å². The number of hydrogen-bond acceptors (Lipinski definition) is 2. The molecule has 0 heterocycles. The highest BCUT2D eigenvalue weighted by molar-refractivity contribution is 7.80. The highest BCUT2D eigenvalue weighted by Crippen LogP contribution is 2.15. The van der Waals surface area contributed by atoms with E-state index in [4.69, 9.17) is 17.0 Å². The first-order chi connectivity index (χ1) is 8.69. The van der Waals surface area contributed by atoms with E-state index in [1.165, 1.54) is 5.56 Å². The molecule has 0 radical (unpaired) electrons. The summed E-state index contributed by atoms with van der Waals surface area (Å²) >= 11 is 5.42. The summed E-state index contributed by atoms with van der Waals surface area (Å²) in [6.07, 6.45) is 0.960. The number of ether oxygens (including phenoxy) is 1. The maximum atomic E-state index is 5.42. The lowest BCUT2D eigenvalue weighted by Crippen LogP contribution is -2.40. The Morgan fingerprint density at radius 3 is 2.83 bits per heavy atom. The van der Waals surface area contributed by atoms with Gasteiger partial charge in [0.15, 0.2) is 5.11 Å². The van der Waals surface area contributed by atoms with Gasteiger partial charge in [-0.25, -0.2) is 0 Å². The summed E-state index contributed by atoms with van der Waals surface area (Å²) in [4.78, 5) is 2.11. The third-order valence-electron chi connectivity index (χ3n) is 2.68. The van der Waals surface area contributed by atoms with Gasteiger partial charge >= 0.3 is 0 Å². The highest BCUT2D eigenvalue weighted by atomic mass is 32.1. The molecule has 18 heavy (non-hydrogen) atoms. The average Bonchev–Trinajstić information content (AvgIpc) is 2.36. The Hall–Kier alpha value is -1.13. The molecule has 1 N–H and O–H groups in total. The van der Waals surface area contributed by atoms with Crippen LogP contribution in [0.2, 0.25) is 0 Å². The van der Waals surface area contributed by atoms with Crippen molar-refractivity contribution in [2.45, 2.75) is 20.3 Å². The van der Waals surface area contributed by atoms with E-state index in [0.717, 1.165) is 36.9 Å². The summed E-state index contributed by atoms with van der Waals surface area (Å²) in [6, 6.07) is 8.37. The predicted molar refractivity (Wildman–Crippen MR) is 81.3 cm³/mol. The van der Waals surface area contributed by atoms with Gasteiger partial charge < -0.3 is 15.0 Å². The zero-order valence-corrected chi connectivity index (χ0v) is 12.2. The predicted octanol–water partition coefficient (Wildman–Crippen LogP) is 2.73. The summed E-state index contributed by atoms with van der Waals surface area (Å²) in [5.41, 5.74) is 2.38. The largest absolute Gasteiger partial charge is 0.385 e. The number of benzene rings is 1. The number of nitrogens with one attached hydrogen (secondary N) is 1. The number of anilines is 1. The summed E-state index contributed by atoms with van der Waals surface area (Å²) in [6.45, 7) is 6.65. The molecule has 0 atom stereocenters. The quantitative estimate of drug-likeness (QED) is 0.632. The van der Waals surface area contributed by atoms with E-state index in [-0.39, 0.29) is 0 Å². The number of methoxy groups -OCH3 is 1. The van der Waals surface area contributed by atoms with Crippen molar-refractivity contribution in [3.05, 3.63) is 29.8 Å².